The third-order valence-corrected chi connectivity index (χ3v) is 5.03. The van der Waals surface area contributed by atoms with Crippen molar-refractivity contribution >= 4 is 0 Å². The molecule has 3 aliphatic rings. The highest BCUT2D eigenvalue weighted by molar-refractivity contribution is 4.93. The Balaban J connectivity index is 1.55. The maximum Gasteiger partial charge on any atom is 0.0939 e. The van der Waals surface area contributed by atoms with E-state index in [0.717, 1.165) is 45.0 Å². The first kappa shape index (κ1) is 11.9. The van der Waals surface area contributed by atoms with Crippen LogP contribution < -0.4 is 5.73 Å². The van der Waals surface area contributed by atoms with E-state index >= 15 is 0 Å². The third-order valence-electron chi connectivity index (χ3n) is 5.03. The molecule has 3 fully saturated rings. The van der Waals surface area contributed by atoms with E-state index in [1.54, 1.807) is 0 Å². The minimum absolute atomic E-state index is 0.0279. The normalized spacial score (nSPS) is 40.4. The van der Waals surface area contributed by atoms with Crippen LogP contribution in [0, 0.1) is 11.8 Å². The van der Waals surface area contributed by atoms with Gasteiger partial charge in [0.05, 0.1) is 12.2 Å². The Morgan fingerprint density at radius 3 is 2.76 bits per heavy atom. The predicted molar refractivity (Wildman–Crippen MR) is 66.8 cm³/mol. The Morgan fingerprint density at radius 1 is 1.24 bits per heavy atom. The van der Waals surface area contributed by atoms with E-state index in [1.807, 2.05) is 0 Å². The fraction of sp³-hybridized carbons (Fsp3) is 1.00. The van der Waals surface area contributed by atoms with E-state index in [0.29, 0.717) is 12.0 Å². The first-order chi connectivity index (χ1) is 8.27. The van der Waals surface area contributed by atoms with E-state index in [4.69, 9.17) is 15.2 Å². The molecule has 0 radical (unpaired) electrons. The second kappa shape index (κ2) is 4.87. The Hall–Kier alpha value is -0.120. The molecule has 3 heteroatoms. The Labute approximate surface area is 104 Å². The Bertz CT molecular complexity index is 259. The number of rotatable bonds is 3. The van der Waals surface area contributed by atoms with Crippen molar-refractivity contribution in [2.45, 2.75) is 56.6 Å². The lowest BCUT2D eigenvalue weighted by atomic mass is 9.74. The first-order valence-electron chi connectivity index (χ1n) is 7.25. The zero-order chi connectivity index (χ0) is 11.7. The smallest absolute Gasteiger partial charge is 0.0939 e. The summed E-state index contributed by atoms with van der Waals surface area (Å²) in [5.41, 5.74) is 6.44. The minimum Gasteiger partial charge on any atom is -0.378 e. The summed E-state index contributed by atoms with van der Waals surface area (Å²) in [6.07, 6.45) is 8.82. The van der Waals surface area contributed by atoms with Gasteiger partial charge in [0.2, 0.25) is 0 Å². The van der Waals surface area contributed by atoms with Gasteiger partial charge in [-0.25, -0.2) is 0 Å². The lowest BCUT2D eigenvalue weighted by Crippen LogP contribution is -2.46. The van der Waals surface area contributed by atoms with E-state index in [-0.39, 0.29) is 5.60 Å². The van der Waals surface area contributed by atoms with Crippen molar-refractivity contribution < 1.29 is 9.47 Å². The Kier molecular flexibility index (Phi) is 3.42. The van der Waals surface area contributed by atoms with Crippen molar-refractivity contribution in [3.8, 4) is 0 Å². The first-order valence-corrected chi connectivity index (χ1v) is 7.25. The van der Waals surface area contributed by atoms with Crippen molar-refractivity contribution in [3.63, 3.8) is 0 Å². The molecule has 2 aliphatic heterocycles. The zero-order valence-electron chi connectivity index (χ0n) is 10.7. The van der Waals surface area contributed by atoms with Crippen LogP contribution >= 0.6 is 0 Å². The van der Waals surface area contributed by atoms with Gasteiger partial charge in [-0.3, -0.25) is 0 Å². The van der Waals surface area contributed by atoms with Crippen LogP contribution in [0.2, 0.25) is 0 Å². The number of hydrogen-bond donors (Lipinski definition) is 1. The summed E-state index contributed by atoms with van der Waals surface area (Å²) in [6.45, 7) is 2.54. The molecule has 0 amide bonds. The quantitative estimate of drug-likeness (QED) is 0.820. The lowest BCUT2D eigenvalue weighted by Gasteiger charge is -2.41. The summed E-state index contributed by atoms with van der Waals surface area (Å²) in [6, 6.07) is 0.390. The van der Waals surface area contributed by atoms with Crippen LogP contribution in [0.5, 0.6) is 0 Å². The van der Waals surface area contributed by atoms with Gasteiger partial charge in [0.15, 0.2) is 0 Å². The van der Waals surface area contributed by atoms with E-state index in [1.165, 1.54) is 25.7 Å². The molecule has 1 aliphatic carbocycles. The molecule has 3 rings (SSSR count). The van der Waals surface area contributed by atoms with Gasteiger partial charge in [-0.15, -0.1) is 0 Å². The Morgan fingerprint density at radius 2 is 2.12 bits per heavy atom. The molecule has 0 aromatic heterocycles. The number of hydrogen-bond acceptors (Lipinski definition) is 3. The fourth-order valence-corrected chi connectivity index (χ4v) is 3.60. The standard InChI is InChI=1S/C14H25NO2/c15-13(8-11-2-1-3-11)12-4-6-17-14(9-12)5-7-16-10-14/h11-13H,1-10,15H2. The van der Waals surface area contributed by atoms with Crippen LogP contribution in [0.4, 0.5) is 0 Å². The highest BCUT2D eigenvalue weighted by atomic mass is 16.6. The lowest BCUT2D eigenvalue weighted by molar-refractivity contribution is -0.102. The second-order valence-corrected chi connectivity index (χ2v) is 6.28. The molecule has 3 atom stereocenters. The van der Waals surface area contributed by atoms with E-state index < -0.39 is 0 Å². The minimum atomic E-state index is 0.0279. The largest absolute Gasteiger partial charge is 0.378 e. The average Bonchev–Trinajstić information content (AvgIpc) is 2.71. The molecule has 98 valence electrons. The molecule has 1 saturated carbocycles. The molecular weight excluding hydrogens is 214 g/mol. The third kappa shape index (κ3) is 2.51. The van der Waals surface area contributed by atoms with Crippen LogP contribution in [0.1, 0.15) is 44.9 Å². The molecule has 2 saturated heterocycles. The van der Waals surface area contributed by atoms with E-state index in [2.05, 4.69) is 0 Å². The van der Waals surface area contributed by atoms with Crippen LogP contribution in [-0.2, 0) is 9.47 Å². The van der Waals surface area contributed by atoms with Gasteiger partial charge in [0.25, 0.3) is 0 Å². The molecule has 2 heterocycles. The molecule has 17 heavy (non-hydrogen) atoms. The van der Waals surface area contributed by atoms with Gasteiger partial charge in [-0.05, 0) is 31.1 Å². The van der Waals surface area contributed by atoms with Crippen molar-refractivity contribution in [1.29, 1.82) is 0 Å². The van der Waals surface area contributed by atoms with Crippen LogP contribution in [-0.4, -0.2) is 31.5 Å². The molecule has 2 N–H and O–H groups in total. The van der Waals surface area contributed by atoms with Gasteiger partial charge in [0.1, 0.15) is 0 Å². The van der Waals surface area contributed by atoms with Crippen LogP contribution in [0.25, 0.3) is 0 Å². The summed E-state index contributed by atoms with van der Waals surface area (Å²) in [5.74, 6) is 1.58. The summed E-state index contributed by atoms with van der Waals surface area (Å²) >= 11 is 0. The van der Waals surface area contributed by atoms with Crippen molar-refractivity contribution in [2.24, 2.45) is 17.6 Å². The molecule has 1 spiro atoms. The molecule has 3 nitrogen and oxygen atoms in total. The van der Waals surface area contributed by atoms with E-state index in [9.17, 15) is 0 Å². The maximum absolute atomic E-state index is 6.41. The summed E-state index contributed by atoms with van der Waals surface area (Å²) in [5, 5.41) is 0. The number of nitrogens with two attached hydrogens (primary N) is 1. The van der Waals surface area contributed by atoms with Gasteiger partial charge < -0.3 is 15.2 Å². The van der Waals surface area contributed by atoms with Crippen LogP contribution in [0.3, 0.4) is 0 Å². The number of ether oxygens (including phenoxy) is 2. The highest BCUT2D eigenvalue weighted by Gasteiger charge is 2.42. The molecule has 0 aromatic carbocycles. The topological polar surface area (TPSA) is 44.5 Å². The second-order valence-electron chi connectivity index (χ2n) is 6.28. The predicted octanol–water partition coefficient (Wildman–Crippen LogP) is 2.09. The van der Waals surface area contributed by atoms with Crippen molar-refractivity contribution in [1.82, 2.24) is 0 Å². The highest BCUT2D eigenvalue weighted by Crippen LogP contribution is 2.39. The molecule has 3 unspecified atom stereocenters. The van der Waals surface area contributed by atoms with Crippen LogP contribution in [0.15, 0.2) is 0 Å². The SMILES string of the molecule is NC(CC1CCC1)C1CCOC2(CCOC2)C1. The zero-order valence-corrected chi connectivity index (χ0v) is 10.7. The van der Waals surface area contributed by atoms with Gasteiger partial charge >= 0.3 is 0 Å². The summed E-state index contributed by atoms with van der Waals surface area (Å²) < 4.78 is 11.5. The molecule has 0 aromatic rings. The molecule has 0 bridgehead atoms. The van der Waals surface area contributed by atoms with Gasteiger partial charge in [-0.1, -0.05) is 19.3 Å². The van der Waals surface area contributed by atoms with Gasteiger partial charge in [0, 0.05) is 25.7 Å². The average molecular weight is 239 g/mol. The fourth-order valence-electron chi connectivity index (χ4n) is 3.60. The monoisotopic (exact) mass is 239 g/mol. The van der Waals surface area contributed by atoms with Gasteiger partial charge in [-0.2, -0.15) is 0 Å². The summed E-state index contributed by atoms with van der Waals surface area (Å²) in [7, 11) is 0. The summed E-state index contributed by atoms with van der Waals surface area (Å²) in [4.78, 5) is 0. The molecular formula is C14H25NO2. The van der Waals surface area contributed by atoms with Crippen molar-refractivity contribution in [3.05, 3.63) is 0 Å². The van der Waals surface area contributed by atoms with Crippen molar-refractivity contribution in [2.75, 3.05) is 19.8 Å². The maximum atomic E-state index is 6.41.